The van der Waals surface area contributed by atoms with Crippen LogP contribution >= 0.6 is 0 Å². The van der Waals surface area contributed by atoms with Gasteiger partial charge in [0.05, 0.1) is 0 Å². The molecule has 2 aromatic rings. The van der Waals surface area contributed by atoms with Crippen molar-refractivity contribution < 1.29 is 0 Å². The van der Waals surface area contributed by atoms with Crippen LogP contribution < -0.4 is 5.32 Å². The van der Waals surface area contributed by atoms with Crippen molar-refractivity contribution in [3.63, 3.8) is 0 Å². The van der Waals surface area contributed by atoms with Gasteiger partial charge in [0, 0.05) is 12.1 Å². The summed E-state index contributed by atoms with van der Waals surface area (Å²) >= 11 is 0. The Bertz CT molecular complexity index is 487. The number of benzene rings is 2. The molecule has 2 aromatic carbocycles. The molecule has 1 aliphatic rings. The average molecular weight is 223 g/mol. The normalized spacial score (nSPS) is 22.4. The maximum absolute atomic E-state index is 3.55. The molecule has 0 amide bonds. The van der Waals surface area contributed by atoms with Crippen LogP contribution in [0.1, 0.15) is 22.7 Å². The molecule has 2 atom stereocenters. The highest BCUT2D eigenvalue weighted by Crippen LogP contribution is 2.31. The van der Waals surface area contributed by atoms with Crippen LogP contribution in [0.25, 0.3) is 0 Å². The van der Waals surface area contributed by atoms with Gasteiger partial charge in [-0.15, -0.1) is 0 Å². The molecule has 1 aliphatic heterocycles. The molecule has 0 spiro atoms. The molecule has 86 valence electrons. The fourth-order valence-electron chi connectivity index (χ4n) is 2.32. The van der Waals surface area contributed by atoms with Gasteiger partial charge in [0.2, 0.25) is 0 Å². The number of rotatable bonds is 3. The third kappa shape index (κ3) is 2.40. The van der Waals surface area contributed by atoms with E-state index < -0.39 is 0 Å². The molecule has 0 aromatic heterocycles. The lowest BCUT2D eigenvalue weighted by molar-refractivity contribution is 0.901. The standard InChI is InChI=1S/C16H17N/c1-12-7-9-13(10-8-12)11-15-16(17-15)14-5-3-2-4-6-14/h2-10,15-17H,11H2,1H3/t15-,16+/m1/s1. The Balaban J connectivity index is 1.64. The van der Waals surface area contributed by atoms with E-state index >= 15 is 0 Å². The van der Waals surface area contributed by atoms with Gasteiger partial charge in [0.1, 0.15) is 0 Å². The molecule has 17 heavy (non-hydrogen) atoms. The lowest BCUT2D eigenvalue weighted by atomic mass is 10.0. The molecule has 1 fully saturated rings. The Hall–Kier alpha value is -1.60. The first-order chi connectivity index (χ1) is 8.33. The van der Waals surface area contributed by atoms with Crippen LogP contribution in [0.2, 0.25) is 0 Å². The zero-order chi connectivity index (χ0) is 11.7. The van der Waals surface area contributed by atoms with Crippen LogP contribution in [0.4, 0.5) is 0 Å². The van der Waals surface area contributed by atoms with Gasteiger partial charge in [-0.1, -0.05) is 60.2 Å². The summed E-state index contributed by atoms with van der Waals surface area (Å²) in [5.41, 5.74) is 4.16. The second-order valence-corrected chi connectivity index (χ2v) is 4.85. The molecule has 1 heteroatoms. The number of hydrogen-bond donors (Lipinski definition) is 1. The summed E-state index contributed by atoms with van der Waals surface area (Å²) in [5, 5.41) is 3.55. The van der Waals surface area contributed by atoms with E-state index in [0.29, 0.717) is 12.1 Å². The number of nitrogens with one attached hydrogen (secondary N) is 1. The Labute approximate surface area is 102 Å². The van der Waals surface area contributed by atoms with Crippen LogP contribution in [0, 0.1) is 6.92 Å². The zero-order valence-electron chi connectivity index (χ0n) is 10.1. The van der Waals surface area contributed by atoms with E-state index in [1.807, 2.05) is 0 Å². The smallest absolute Gasteiger partial charge is 0.0482 e. The van der Waals surface area contributed by atoms with Gasteiger partial charge in [-0.3, -0.25) is 0 Å². The van der Waals surface area contributed by atoms with Crippen LogP contribution in [-0.4, -0.2) is 6.04 Å². The second-order valence-electron chi connectivity index (χ2n) is 4.85. The highest BCUT2D eigenvalue weighted by Gasteiger charge is 2.36. The minimum Gasteiger partial charge on any atom is -0.304 e. The van der Waals surface area contributed by atoms with E-state index in [1.165, 1.54) is 16.7 Å². The summed E-state index contributed by atoms with van der Waals surface area (Å²) in [6.45, 7) is 2.13. The molecular weight excluding hydrogens is 206 g/mol. The Morgan fingerprint density at radius 2 is 1.65 bits per heavy atom. The van der Waals surface area contributed by atoms with Crippen molar-refractivity contribution in [2.75, 3.05) is 0 Å². The van der Waals surface area contributed by atoms with E-state index in [2.05, 4.69) is 66.8 Å². The van der Waals surface area contributed by atoms with Crippen molar-refractivity contribution in [2.24, 2.45) is 0 Å². The zero-order valence-corrected chi connectivity index (χ0v) is 10.1. The molecule has 0 unspecified atom stereocenters. The summed E-state index contributed by atoms with van der Waals surface area (Å²) < 4.78 is 0. The Kier molecular flexibility index (Phi) is 2.69. The van der Waals surface area contributed by atoms with Crippen molar-refractivity contribution in [1.29, 1.82) is 0 Å². The summed E-state index contributed by atoms with van der Waals surface area (Å²) in [6.07, 6.45) is 1.12. The largest absolute Gasteiger partial charge is 0.304 e. The van der Waals surface area contributed by atoms with Crippen molar-refractivity contribution in [3.05, 3.63) is 71.3 Å². The van der Waals surface area contributed by atoms with Gasteiger partial charge in [0.15, 0.2) is 0 Å². The highest BCUT2D eigenvalue weighted by atomic mass is 15.1. The van der Waals surface area contributed by atoms with E-state index in [9.17, 15) is 0 Å². The van der Waals surface area contributed by atoms with Crippen LogP contribution in [0.15, 0.2) is 54.6 Å². The van der Waals surface area contributed by atoms with Gasteiger partial charge >= 0.3 is 0 Å². The van der Waals surface area contributed by atoms with Crippen molar-refractivity contribution in [3.8, 4) is 0 Å². The van der Waals surface area contributed by atoms with Gasteiger partial charge in [-0.05, 0) is 24.5 Å². The molecular formula is C16H17N. The van der Waals surface area contributed by atoms with E-state index in [4.69, 9.17) is 0 Å². The molecule has 1 N–H and O–H groups in total. The fourth-order valence-corrected chi connectivity index (χ4v) is 2.32. The maximum atomic E-state index is 3.55. The third-order valence-electron chi connectivity index (χ3n) is 3.42. The van der Waals surface area contributed by atoms with Gasteiger partial charge in [-0.25, -0.2) is 0 Å². The van der Waals surface area contributed by atoms with Crippen molar-refractivity contribution in [1.82, 2.24) is 5.32 Å². The molecule has 1 heterocycles. The molecule has 3 rings (SSSR count). The monoisotopic (exact) mass is 223 g/mol. The first-order valence-electron chi connectivity index (χ1n) is 6.19. The predicted molar refractivity (Wildman–Crippen MR) is 71.0 cm³/mol. The van der Waals surface area contributed by atoms with Gasteiger partial charge in [-0.2, -0.15) is 0 Å². The molecule has 1 saturated heterocycles. The lowest BCUT2D eigenvalue weighted by Crippen LogP contribution is -1.96. The summed E-state index contributed by atoms with van der Waals surface area (Å²) in [7, 11) is 0. The maximum Gasteiger partial charge on any atom is 0.0482 e. The minimum absolute atomic E-state index is 0.553. The number of hydrogen-bond acceptors (Lipinski definition) is 1. The topological polar surface area (TPSA) is 21.9 Å². The third-order valence-corrected chi connectivity index (χ3v) is 3.42. The Morgan fingerprint density at radius 3 is 2.35 bits per heavy atom. The van der Waals surface area contributed by atoms with Gasteiger partial charge in [0.25, 0.3) is 0 Å². The van der Waals surface area contributed by atoms with Crippen LogP contribution in [0.5, 0.6) is 0 Å². The van der Waals surface area contributed by atoms with E-state index in [0.717, 1.165) is 6.42 Å². The van der Waals surface area contributed by atoms with Crippen molar-refractivity contribution >= 4 is 0 Å². The molecule has 1 nitrogen and oxygen atoms in total. The lowest BCUT2D eigenvalue weighted by Gasteiger charge is -2.00. The first-order valence-corrected chi connectivity index (χ1v) is 6.19. The summed E-state index contributed by atoms with van der Waals surface area (Å²) in [4.78, 5) is 0. The highest BCUT2D eigenvalue weighted by molar-refractivity contribution is 5.29. The fraction of sp³-hybridized carbons (Fsp3) is 0.250. The molecule has 0 bridgehead atoms. The van der Waals surface area contributed by atoms with E-state index in [1.54, 1.807) is 0 Å². The molecule has 0 radical (unpaired) electrons. The Morgan fingerprint density at radius 1 is 0.941 bits per heavy atom. The SMILES string of the molecule is Cc1ccc(C[C@H]2N[C@H]2c2ccccc2)cc1. The number of aryl methyl sites for hydroxylation is 1. The predicted octanol–water partition coefficient (Wildman–Crippen LogP) is 3.25. The van der Waals surface area contributed by atoms with E-state index in [-0.39, 0.29) is 0 Å². The van der Waals surface area contributed by atoms with Crippen LogP contribution in [0.3, 0.4) is 0 Å². The molecule has 0 aliphatic carbocycles. The van der Waals surface area contributed by atoms with Gasteiger partial charge < -0.3 is 5.32 Å². The average Bonchev–Trinajstić information content (AvgIpc) is 3.13. The first kappa shape index (κ1) is 10.5. The minimum atomic E-state index is 0.553. The quantitative estimate of drug-likeness (QED) is 0.793. The second kappa shape index (κ2) is 4.34. The van der Waals surface area contributed by atoms with Crippen LogP contribution in [-0.2, 0) is 6.42 Å². The molecule has 0 saturated carbocycles. The summed E-state index contributed by atoms with van der Waals surface area (Å²) in [6, 6.07) is 20.7. The van der Waals surface area contributed by atoms with Crippen molar-refractivity contribution in [2.45, 2.75) is 25.4 Å². The summed E-state index contributed by atoms with van der Waals surface area (Å²) in [5.74, 6) is 0.